The van der Waals surface area contributed by atoms with Gasteiger partial charge in [0.2, 0.25) is 0 Å². The van der Waals surface area contributed by atoms with Crippen molar-refractivity contribution in [3.63, 3.8) is 0 Å². The van der Waals surface area contributed by atoms with Crippen molar-refractivity contribution in [1.29, 1.82) is 0 Å². The number of thioether (sulfide) groups is 1. The van der Waals surface area contributed by atoms with Crippen LogP contribution in [0.3, 0.4) is 0 Å². The Morgan fingerprint density at radius 3 is 2.69 bits per heavy atom. The Kier molecular flexibility index (Phi) is 5.86. The minimum absolute atomic E-state index is 0.337. The summed E-state index contributed by atoms with van der Waals surface area (Å²) < 4.78 is 5.25. The second-order valence-corrected chi connectivity index (χ2v) is 6.68. The molecule has 0 spiro atoms. The lowest BCUT2D eigenvalue weighted by Gasteiger charge is -2.09. The van der Waals surface area contributed by atoms with Gasteiger partial charge in [0.25, 0.3) is 0 Å². The first-order valence-corrected chi connectivity index (χ1v) is 9.06. The molecule has 6 heteroatoms. The summed E-state index contributed by atoms with van der Waals surface area (Å²) in [5.41, 5.74) is 2.85. The topological polar surface area (TPSA) is 72.3 Å². The number of rotatable bonds is 7. The standard InChI is InChI=1S/C20H18N2O3S/c1-14-11-17(7-8-18(14)25-12-19(23)24)26-13-16-9-10-21-20(22-16)15-5-3-2-4-6-15/h2-11H,12-13H2,1H3,(H,23,24). The lowest BCUT2D eigenvalue weighted by Crippen LogP contribution is -2.09. The van der Waals surface area contributed by atoms with E-state index in [1.54, 1.807) is 24.0 Å². The number of hydrogen-bond donors (Lipinski definition) is 1. The zero-order chi connectivity index (χ0) is 18.4. The molecule has 1 N–H and O–H groups in total. The van der Waals surface area contributed by atoms with E-state index in [2.05, 4.69) is 9.97 Å². The molecule has 0 unspecified atom stereocenters. The van der Waals surface area contributed by atoms with E-state index in [1.807, 2.05) is 55.5 Å². The molecule has 1 heterocycles. The van der Waals surface area contributed by atoms with Gasteiger partial charge >= 0.3 is 5.97 Å². The van der Waals surface area contributed by atoms with Gasteiger partial charge in [-0.2, -0.15) is 0 Å². The van der Waals surface area contributed by atoms with Crippen LogP contribution in [0.25, 0.3) is 11.4 Å². The van der Waals surface area contributed by atoms with Crippen molar-refractivity contribution in [2.24, 2.45) is 0 Å². The first kappa shape index (κ1) is 17.9. The van der Waals surface area contributed by atoms with Crippen molar-refractivity contribution in [2.75, 3.05) is 6.61 Å². The molecule has 0 saturated carbocycles. The number of hydrogen-bond acceptors (Lipinski definition) is 5. The van der Waals surface area contributed by atoms with Gasteiger partial charge in [-0.3, -0.25) is 0 Å². The Labute approximate surface area is 156 Å². The number of ether oxygens (including phenoxy) is 1. The van der Waals surface area contributed by atoms with Crippen molar-refractivity contribution in [3.05, 3.63) is 72.1 Å². The number of aryl methyl sites for hydroxylation is 1. The zero-order valence-electron chi connectivity index (χ0n) is 14.3. The minimum Gasteiger partial charge on any atom is -0.482 e. The van der Waals surface area contributed by atoms with E-state index in [0.29, 0.717) is 5.75 Å². The molecule has 0 atom stereocenters. The summed E-state index contributed by atoms with van der Waals surface area (Å²) in [7, 11) is 0. The van der Waals surface area contributed by atoms with Crippen molar-refractivity contribution in [2.45, 2.75) is 17.6 Å². The van der Waals surface area contributed by atoms with E-state index < -0.39 is 5.97 Å². The summed E-state index contributed by atoms with van der Waals surface area (Å²) in [6.45, 7) is 1.57. The van der Waals surface area contributed by atoms with Crippen LogP contribution in [0.15, 0.2) is 65.7 Å². The number of carbonyl (C=O) groups is 1. The van der Waals surface area contributed by atoms with Gasteiger partial charge < -0.3 is 9.84 Å². The molecular weight excluding hydrogens is 348 g/mol. The van der Waals surface area contributed by atoms with E-state index >= 15 is 0 Å². The van der Waals surface area contributed by atoms with Crippen LogP contribution in [0.5, 0.6) is 5.75 Å². The summed E-state index contributed by atoms with van der Waals surface area (Å²) >= 11 is 1.66. The van der Waals surface area contributed by atoms with Gasteiger partial charge in [-0.25, -0.2) is 14.8 Å². The number of aromatic nitrogens is 2. The Balaban J connectivity index is 1.66. The van der Waals surface area contributed by atoms with Crippen molar-refractivity contribution >= 4 is 17.7 Å². The predicted octanol–water partition coefficient (Wildman–Crippen LogP) is 4.21. The number of aliphatic carboxylic acids is 1. The zero-order valence-corrected chi connectivity index (χ0v) is 15.1. The smallest absolute Gasteiger partial charge is 0.341 e. The van der Waals surface area contributed by atoms with Crippen molar-refractivity contribution in [1.82, 2.24) is 9.97 Å². The predicted molar refractivity (Wildman–Crippen MR) is 101 cm³/mol. The van der Waals surface area contributed by atoms with E-state index in [0.717, 1.165) is 33.3 Å². The van der Waals surface area contributed by atoms with Crippen LogP contribution in [0.2, 0.25) is 0 Å². The Hall–Kier alpha value is -2.86. The number of benzene rings is 2. The molecule has 0 amide bonds. The molecule has 26 heavy (non-hydrogen) atoms. The molecule has 0 radical (unpaired) electrons. The molecule has 0 fully saturated rings. The summed E-state index contributed by atoms with van der Waals surface area (Å²) in [4.78, 5) is 20.6. The van der Waals surface area contributed by atoms with Crippen molar-refractivity contribution in [3.8, 4) is 17.1 Å². The van der Waals surface area contributed by atoms with Crippen LogP contribution >= 0.6 is 11.8 Å². The summed E-state index contributed by atoms with van der Waals surface area (Å²) in [5, 5.41) is 8.69. The van der Waals surface area contributed by atoms with E-state index in [1.165, 1.54) is 0 Å². The van der Waals surface area contributed by atoms with E-state index in [9.17, 15) is 4.79 Å². The highest BCUT2D eigenvalue weighted by atomic mass is 32.2. The van der Waals surface area contributed by atoms with Gasteiger partial charge in [0.1, 0.15) is 5.75 Å². The van der Waals surface area contributed by atoms with E-state index in [4.69, 9.17) is 9.84 Å². The highest BCUT2D eigenvalue weighted by Crippen LogP contribution is 2.28. The molecule has 2 aromatic carbocycles. The van der Waals surface area contributed by atoms with Crippen LogP contribution in [0.4, 0.5) is 0 Å². The first-order chi connectivity index (χ1) is 12.6. The third kappa shape index (κ3) is 4.83. The fraction of sp³-hybridized carbons (Fsp3) is 0.150. The molecule has 0 saturated heterocycles. The van der Waals surface area contributed by atoms with Crippen LogP contribution in [0, 0.1) is 6.92 Å². The average Bonchev–Trinajstić information content (AvgIpc) is 2.66. The molecule has 1 aromatic heterocycles. The summed E-state index contributed by atoms with van der Waals surface area (Å²) in [5.74, 6) is 1.04. The van der Waals surface area contributed by atoms with Gasteiger partial charge in [0.05, 0.1) is 5.69 Å². The minimum atomic E-state index is -0.985. The fourth-order valence-electron chi connectivity index (χ4n) is 2.37. The van der Waals surface area contributed by atoms with Gasteiger partial charge in [0.15, 0.2) is 12.4 Å². The number of carboxylic acid groups (broad SMARTS) is 1. The summed E-state index contributed by atoms with van der Waals surface area (Å²) in [6.07, 6.45) is 1.78. The Bertz CT molecular complexity index is 901. The monoisotopic (exact) mass is 366 g/mol. The molecule has 0 aliphatic rings. The fourth-order valence-corrected chi connectivity index (χ4v) is 3.27. The summed E-state index contributed by atoms with van der Waals surface area (Å²) in [6, 6.07) is 17.5. The van der Waals surface area contributed by atoms with Gasteiger partial charge in [-0.15, -0.1) is 11.8 Å². The molecule has 3 rings (SSSR count). The molecule has 132 valence electrons. The first-order valence-electron chi connectivity index (χ1n) is 8.07. The SMILES string of the molecule is Cc1cc(SCc2ccnc(-c3ccccc3)n2)ccc1OCC(=O)O. The maximum absolute atomic E-state index is 10.6. The molecule has 0 aliphatic heterocycles. The van der Waals surface area contributed by atoms with Gasteiger partial charge in [-0.05, 0) is 36.8 Å². The van der Waals surface area contributed by atoms with E-state index in [-0.39, 0.29) is 6.61 Å². The van der Waals surface area contributed by atoms with Crippen molar-refractivity contribution < 1.29 is 14.6 Å². The Morgan fingerprint density at radius 1 is 1.15 bits per heavy atom. The van der Waals surface area contributed by atoms with Gasteiger partial charge in [-0.1, -0.05) is 30.3 Å². The van der Waals surface area contributed by atoms with Crippen LogP contribution in [-0.2, 0) is 10.5 Å². The quantitative estimate of drug-likeness (QED) is 0.632. The normalized spacial score (nSPS) is 10.5. The largest absolute Gasteiger partial charge is 0.482 e. The lowest BCUT2D eigenvalue weighted by molar-refractivity contribution is -0.139. The van der Waals surface area contributed by atoms with Crippen LogP contribution in [-0.4, -0.2) is 27.7 Å². The second kappa shape index (κ2) is 8.49. The lowest BCUT2D eigenvalue weighted by atomic mass is 10.2. The number of carboxylic acids is 1. The maximum Gasteiger partial charge on any atom is 0.341 e. The molecular formula is C20H18N2O3S. The Morgan fingerprint density at radius 2 is 1.96 bits per heavy atom. The third-order valence-electron chi connectivity index (χ3n) is 3.63. The van der Waals surface area contributed by atoms with Crippen LogP contribution in [0.1, 0.15) is 11.3 Å². The second-order valence-electron chi connectivity index (χ2n) is 5.64. The number of nitrogens with zero attached hydrogens (tertiary/aromatic N) is 2. The van der Waals surface area contributed by atoms with Crippen LogP contribution < -0.4 is 4.74 Å². The average molecular weight is 366 g/mol. The maximum atomic E-state index is 10.6. The van der Waals surface area contributed by atoms with Gasteiger partial charge in [0, 0.05) is 22.4 Å². The highest BCUT2D eigenvalue weighted by molar-refractivity contribution is 7.98. The highest BCUT2D eigenvalue weighted by Gasteiger charge is 2.06. The molecule has 0 bridgehead atoms. The molecule has 3 aromatic rings. The molecule has 5 nitrogen and oxygen atoms in total. The third-order valence-corrected chi connectivity index (χ3v) is 4.66. The molecule has 0 aliphatic carbocycles.